The number of nitrogens with zero attached hydrogens (tertiary/aromatic N) is 1. The molecule has 0 unspecified atom stereocenters. The van der Waals surface area contributed by atoms with Crippen LogP contribution >= 0.6 is 0 Å². The first-order valence-corrected chi connectivity index (χ1v) is 10.0. The van der Waals surface area contributed by atoms with Gasteiger partial charge in [0.15, 0.2) is 17.5 Å². The number of nitrogens with one attached hydrogen (secondary N) is 2. The number of aryl methyl sites for hydroxylation is 1. The molecule has 0 radical (unpaired) electrons. The van der Waals surface area contributed by atoms with E-state index in [9.17, 15) is 4.79 Å². The Morgan fingerprint density at radius 3 is 2.57 bits per heavy atom. The Bertz CT molecular complexity index is 605. The van der Waals surface area contributed by atoms with Crippen molar-refractivity contribution in [3.8, 4) is 11.5 Å². The fourth-order valence-electron chi connectivity index (χ4n) is 2.66. The van der Waals surface area contributed by atoms with E-state index in [1.54, 1.807) is 7.11 Å². The minimum atomic E-state index is -0.161. The maximum atomic E-state index is 11.1. The first-order chi connectivity index (χ1) is 13.6. The Morgan fingerprint density at radius 1 is 1.07 bits per heavy atom. The molecule has 0 aliphatic heterocycles. The molecule has 0 saturated heterocycles. The highest BCUT2D eigenvalue weighted by Crippen LogP contribution is 2.28. The standard InChI is InChI=1S/C21H35N3O4/c1-5-22-21(23-14-8-7-11-20(25)27-4)24-15-9-10-17-12-13-18(26-3)19(16-17)28-6-2/h12-13,16H,5-11,14-15H2,1-4H3,(H2,22,23,24). The monoisotopic (exact) mass is 393 g/mol. The van der Waals surface area contributed by atoms with Crippen molar-refractivity contribution in [3.63, 3.8) is 0 Å². The highest BCUT2D eigenvalue weighted by molar-refractivity contribution is 5.79. The number of methoxy groups -OCH3 is 2. The average Bonchev–Trinajstić information content (AvgIpc) is 2.71. The van der Waals surface area contributed by atoms with Gasteiger partial charge in [-0.25, -0.2) is 0 Å². The number of hydrogen-bond acceptors (Lipinski definition) is 5. The second-order valence-electron chi connectivity index (χ2n) is 6.24. The number of esters is 1. The van der Waals surface area contributed by atoms with Gasteiger partial charge in [-0.3, -0.25) is 9.79 Å². The van der Waals surface area contributed by atoms with Crippen LogP contribution in [0.3, 0.4) is 0 Å². The van der Waals surface area contributed by atoms with Crippen molar-refractivity contribution >= 4 is 11.9 Å². The van der Waals surface area contributed by atoms with Crippen LogP contribution in [0, 0.1) is 0 Å². The molecule has 28 heavy (non-hydrogen) atoms. The van der Waals surface area contributed by atoms with E-state index >= 15 is 0 Å². The third-order valence-corrected chi connectivity index (χ3v) is 4.09. The van der Waals surface area contributed by atoms with Crippen molar-refractivity contribution in [2.24, 2.45) is 4.99 Å². The van der Waals surface area contributed by atoms with Crippen molar-refractivity contribution in [3.05, 3.63) is 23.8 Å². The molecule has 0 aliphatic carbocycles. The van der Waals surface area contributed by atoms with Gasteiger partial charge in [-0.05, 0) is 57.2 Å². The number of benzene rings is 1. The third kappa shape index (κ3) is 9.48. The summed E-state index contributed by atoms with van der Waals surface area (Å²) in [5.74, 6) is 2.19. The van der Waals surface area contributed by atoms with Gasteiger partial charge in [0.25, 0.3) is 0 Å². The largest absolute Gasteiger partial charge is 0.493 e. The number of carbonyl (C=O) groups excluding carboxylic acids is 1. The van der Waals surface area contributed by atoms with Crippen molar-refractivity contribution in [2.75, 3.05) is 40.5 Å². The van der Waals surface area contributed by atoms with E-state index in [1.165, 1.54) is 12.7 Å². The number of ether oxygens (including phenoxy) is 3. The first-order valence-electron chi connectivity index (χ1n) is 10.0. The van der Waals surface area contributed by atoms with Crippen LogP contribution in [0.4, 0.5) is 0 Å². The minimum absolute atomic E-state index is 0.161. The zero-order valence-corrected chi connectivity index (χ0v) is 17.7. The molecule has 0 aromatic heterocycles. The summed E-state index contributed by atoms with van der Waals surface area (Å²) in [7, 11) is 3.07. The number of unbranched alkanes of at least 4 members (excludes halogenated alkanes) is 1. The van der Waals surface area contributed by atoms with Crippen LogP contribution in [0.5, 0.6) is 11.5 Å². The molecule has 0 fully saturated rings. The fourth-order valence-corrected chi connectivity index (χ4v) is 2.66. The molecule has 0 atom stereocenters. The smallest absolute Gasteiger partial charge is 0.305 e. The average molecular weight is 394 g/mol. The summed E-state index contributed by atoms with van der Waals surface area (Å²) in [5, 5.41) is 6.55. The van der Waals surface area contributed by atoms with Crippen LogP contribution in [0.1, 0.15) is 45.1 Å². The van der Waals surface area contributed by atoms with Crippen LogP contribution in [0.25, 0.3) is 0 Å². The summed E-state index contributed by atoms with van der Waals surface area (Å²) < 4.78 is 15.6. The molecule has 1 rings (SSSR count). The molecular weight excluding hydrogens is 358 g/mol. The molecule has 158 valence electrons. The van der Waals surface area contributed by atoms with E-state index in [0.29, 0.717) is 13.0 Å². The van der Waals surface area contributed by atoms with E-state index in [-0.39, 0.29) is 5.97 Å². The van der Waals surface area contributed by atoms with Crippen LogP contribution in [-0.4, -0.2) is 52.4 Å². The number of hydrogen-bond donors (Lipinski definition) is 2. The Kier molecular flexibility index (Phi) is 12.3. The summed E-state index contributed by atoms with van der Waals surface area (Å²) in [5.41, 5.74) is 1.21. The SMILES string of the molecule is CCNC(=NCCCc1ccc(OC)c(OCC)c1)NCCCCC(=O)OC. The third-order valence-electron chi connectivity index (χ3n) is 4.09. The van der Waals surface area contributed by atoms with Gasteiger partial charge in [-0.2, -0.15) is 0 Å². The number of carbonyl (C=O) groups is 1. The lowest BCUT2D eigenvalue weighted by Gasteiger charge is -2.12. The minimum Gasteiger partial charge on any atom is -0.493 e. The quantitative estimate of drug-likeness (QED) is 0.232. The van der Waals surface area contributed by atoms with Gasteiger partial charge in [0.05, 0.1) is 20.8 Å². The molecule has 0 bridgehead atoms. The van der Waals surface area contributed by atoms with E-state index in [4.69, 9.17) is 9.47 Å². The van der Waals surface area contributed by atoms with Gasteiger partial charge in [0, 0.05) is 26.1 Å². The lowest BCUT2D eigenvalue weighted by molar-refractivity contribution is -0.140. The van der Waals surface area contributed by atoms with Crippen molar-refractivity contribution in [1.29, 1.82) is 0 Å². The molecule has 1 aromatic rings. The molecule has 0 heterocycles. The van der Waals surface area contributed by atoms with Crippen molar-refractivity contribution in [2.45, 2.75) is 46.0 Å². The lowest BCUT2D eigenvalue weighted by Crippen LogP contribution is -2.37. The molecule has 0 aliphatic rings. The fraction of sp³-hybridized carbons (Fsp3) is 0.619. The molecule has 0 amide bonds. The van der Waals surface area contributed by atoms with Gasteiger partial charge in [0.1, 0.15) is 0 Å². The van der Waals surface area contributed by atoms with Gasteiger partial charge in [-0.15, -0.1) is 0 Å². The van der Waals surface area contributed by atoms with E-state index in [2.05, 4.69) is 26.4 Å². The summed E-state index contributed by atoms with van der Waals surface area (Å²) >= 11 is 0. The van der Waals surface area contributed by atoms with E-state index in [1.807, 2.05) is 26.0 Å². The van der Waals surface area contributed by atoms with Crippen LogP contribution < -0.4 is 20.1 Å². The van der Waals surface area contributed by atoms with Gasteiger partial charge in [-0.1, -0.05) is 6.07 Å². The van der Waals surface area contributed by atoms with E-state index < -0.39 is 0 Å². The topological polar surface area (TPSA) is 81.2 Å². The number of guanidine groups is 1. The van der Waals surface area contributed by atoms with Crippen molar-refractivity contribution in [1.82, 2.24) is 10.6 Å². The number of rotatable bonds is 13. The summed E-state index contributed by atoms with van der Waals surface area (Å²) in [6, 6.07) is 6.05. The number of aliphatic imine (C=N–C) groups is 1. The predicted molar refractivity (Wildman–Crippen MR) is 112 cm³/mol. The second-order valence-corrected chi connectivity index (χ2v) is 6.24. The van der Waals surface area contributed by atoms with Gasteiger partial charge < -0.3 is 24.8 Å². The van der Waals surface area contributed by atoms with Gasteiger partial charge >= 0.3 is 5.97 Å². The zero-order chi connectivity index (χ0) is 20.6. The summed E-state index contributed by atoms with van der Waals surface area (Å²) in [6.45, 7) is 6.94. The maximum Gasteiger partial charge on any atom is 0.305 e. The molecule has 1 aromatic carbocycles. The Labute approximate surface area is 168 Å². The van der Waals surface area contributed by atoms with Crippen LogP contribution in [-0.2, 0) is 16.0 Å². The highest BCUT2D eigenvalue weighted by atomic mass is 16.5. The second kappa shape index (κ2) is 14.6. The summed E-state index contributed by atoms with van der Waals surface area (Å²) in [6.07, 6.45) is 4.02. The molecule has 0 spiro atoms. The van der Waals surface area contributed by atoms with Crippen LogP contribution in [0.15, 0.2) is 23.2 Å². The maximum absolute atomic E-state index is 11.1. The van der Waals surface area contributed by atoms with Gasteiger partial charge in [0.2, 0.25) is 0 Å². The Morgan fingerprint density at radius 2 is 1.89 bits per heavy atom. The molecule has 7 nitrogen and oxygen atoms in total. The summed E-state index contributed by atoms with van der Waals surface area (Å²) in [4.78, 5) is 15.7. The lowest BCUT2D eigenvalue weighted by atomic mass is 10.1. The Hall–Kier alpha value is -2.44. The molecule has 7 heteroatoms. The van der Waals surface area contributed by atoms with Crippen molar-refractivity contribution < 1.29 is 19.0 Å². The zero-order valence-electron chi connectivity index (χ0n) is 17.7. The molecular formula is C21H35N3O4. The van der Waals surface area contributed by atoms with E-state index in [0.717, 1.165) is 62.8 Å². The Balaban J connectivity index is 2.40. The normalized spacial score (nSPS) is 11.1. The predicted octanol–water partition coefficient (Wildman–Crippen LogP) is 2.92. The first kappa shape index (κ1) is 23.6. The molecule has 0 saturated carbocycles. The highest BCUT2D eigenvalue weighted by Gasteiger charge is 2.05. The molecule has 2 N–H and O–H groups in total. The van der Waals surface area contributed by atoms with Crippen LogP contribution in [0.2, 0.25) is 0 Å².